The van der Waals surface area contributed by atoms with E-state index in [1.807, 2.05) is 44.2 Å². The molecule has 2 rings (SSSR count). The Morgan fingerprint density at radius 3 is 2.61 bits per heavy atom. The molecule has 0 unspecified atom stereocenters. The number of ether oxygens (including phenoxy) is 1. The fourth-order valence-corrected chi connectivity index (χ4v) is 1.56. The number of nitrogens with zero attached hydrogens (tertiary/aromatic N) is 1. The van der Waals surface area contributed by atoms with Gasteiger partial charge in [-0.1, -0.05) is 30.3 Å². The molecule has 0 aliphatic rings. The number of aryl methyl sites for hydroxylation is 2. The van der Waals surface area contributed by atoms with Gasteiger partial charge >= 0.3 is 5.97 Å². The largest absolute Gasteiger partial charge is 0.457 e. The molecule has 0 atom stereocenters. The van der Waals surface area contributed by atoms with Gasteiger partial charge in [-0.25, -0.2) is 4.79 Å². The van der Waals surface area contributed by atoms with Crippen molar-refractivity contribution >= 4 is 5.97 Å². The van der Waals surface area contributed by atoms with Crippen molar-refractivity contribution in [1.82, 2.24) is 4.98 Å². The Morgan fingerprint density at radius 1 is 1.22 bits per heavy atom. The van der Waals surface area contributed by atoms with Crippen LogP contribution in [0, 0.1) is 13.8 Å². The zero-order valence-electron chi connectivity index (χ0n) is 10.5. The second-order valence-electron chi connectivity index (χ2n) is 4.19. The van der Waals surface area contributed by atoms with Crippen LogP contribution in [-0.2, 0) is 11.3 Å². The summed E-state index contributed by atoms with van der Waals surface area (Å²) in [6.07, 6.45) is 1.55. The third-order valence-electron chi connectivity index (χ3n) is 2.79. The summed E-state index contributed by atoms with van der Waals surface area (Å²) in [5.74, 6) is -0.338. The van der Waals surface area contributed by atoms with Crippen LogP contribution >= 0.6 is 0 Å². The zero-order valence-corrected chi connectivity index (χ0v) is 10.5. The molecule has 1 heterocycles. The fourth-order valence-electron chi connectivity index (χ4n) is 1.56. The molecule has 0 radical (unpaired) electrons. The van der Waals surface area contributed by atoms with E-state index in [0.29, 0.717) is 5.56 Å². The van der Waals surface area contributed by atoms with Crippen LogP contribution in [0.25, 0.3) is 0 Å². The van der Waals surface area contributed by atoms with E-state index < -0.39 is 0 Å². The average molecular weight is 241 g/mol. The summed E-state index contributed by atoms with van der Waals surface area (Å²) < 4.78 is 5.23. The molecular formula is C15H15NO2. The van der Waals surface area contributed by atoms with Gasteiger partial charge in [0.05, 0.1) is 5.56 Å². The van der Waals surface area contributed by atoms with Crippen LogP contribution in [0.15, 0.2) is 42.6 Å². The highest BCUT2D eigenvalue weighted by Crippen LogP contribution is 2.09. The average Bonchev–Trinajstić information content (AvgIpc) is 2.40. The van der Waals surface area contributed by atoms with Crippen LogP contribution in [0.1, 0.15) is 27.2 Å². The maximum absolute atomic E-state index is 11.8. The van der Waals surface area contributed by atoms with Crippen LogP contribution < -0.4 is 0 Å². The molecular weight excluding hydrogens is 226 g/mol. The highest BCUT2D eigenvalue weighted by atomic mass is 16.5. The summed E-state index contributed by atoms with van der Waals surface area (Å²) in [6, 6.07) is 11.4. The second kappa shape index (κ2) is 5.45. The molecule has 3 nitrogen and oxygen atoms in total. The van der Waals surface area contributed by atoms with E-state index in [0.717, 1.165) is 16.8 Å². The van der Waals surface area contributed by atoms with Crippen molar-refractivity contribution < 1.29 is 9.53 Å². The first-order chi connectivity index (χ1) is 8.66. The number of pyridine rings is 1. The molecule has 0 fully saturated rings. The first-order valence-electron chi connectivity index (χ1n) is 5.81. The Morgan fingerprint density at radius 2 is 1.94 bits per heavy atom. The Hall–Kier alpha value is -2.16. The number of hydrogen-bond acceptors (Lipinski definition) is 3. The highest BCUT2D eigenvalue weighted by molar-refractivity contribution is 5.89. The number of benzene rings is 1. The number of esters is 1. The van der Waals surface area contributed by atoms with E-state index in [2.05, 4.69) is 4.98 Å². The molecule has 0 bridgehead atoms. The minimum atomic E-state index is -0.338. The van der Waals surface area contributed by atoms with Gasteiger partial charge in [0.25, 0.3) is 0 Å². The van der Waals surface area contributed by atoms with E-state index in [9.17, 15) is 4.79 Å². The zero-order chi connectivity index (χ0) is 13.0. The summed E-state index contributed by atoms with van der Waals surface area (Å²) in [4.78, 5) is 16.0. The molecule has 18 heavy (non-hydrogen) atoms. The summed E-state index contributed by atoms with van der Waals surface area (Å²) in [7, 11) is 0. The number of carbonyl (C=O) groups is 1. The minimum absolute atomic E-state index is 0.284. The lowest BCUT2D eigenvalue weighted by Crippen LogP contribution is -2.06. The van der Waals surface area contributed by atoms with Crippen molar-refractivity contribution in [2.45, 2.75) is 20.5 Å². The van der Waals surface area contributed by atoms with Gasteiger partial charge in [0.1, 0.15) is 6.61 Å². The van der Waals surface area contributed by atoms with E-state index in [1.165, 1.54) is 0 Å². The van der Waals surface area contributed by atoms with Crippen molar-refractivity contribution in [2.24, 2.45) is 0 Å². The van der Waals surface area contributed by atoms with Crippen LogP contribution in [0.2, 0.25) is 0 Å². The fraction of sp³-hybridized carbons (Fsp3) is 0.200. The lowest BCUT2D eigenvalue weighted by Gasteiger charge is -2.06. The first kappa shape index (κ1) is 12.3. The van der Waals surface area contributed by atoms with Crippen LogP contribution in [0.4, 0.5) is 0 Å². The van der Waals surface area contributed by atoms with E-state index >= 15 is 0 Å². The molecule has 2 aromatic rings. The predicted octanol–water partition coefficient (Wildman–Crippen LogP) is 3.06. The molecule has 1 aromatic heterocycles. The van der Waals surface area contributed by atoms with Gasteiger partial charge in [0.15, 0.2) is 0 Å². The van der Waals surface area contributed by atoms with E-state index in [1.54, 1.807) is 12.3 Å². The third kappa shape index (κ3) is 2.94. The summed E-state index contributed by atoms with van der Waals surface area (Å²) in [5.41, 5.74) is 3.38. The molecule has 0 saturated heterocycles. The highest BCUT2D eigenvalue weighted by Gasteiger charge is 2.09. The maximum Gasteiger partial charge on any atom is 0.340 e. The lowest BCUT2D eigenvalue weighted by molar-refractivity contribution is 0.0472. The van der Waals surface area contributed by atoms with E-state index in [-0.39, 0.29) is 12.6 Å². The topological polar surface area (TPSA) is 39.2 Å². The first-order valence-corrected chi connectivity index (χ1v) is 5.81. The van der Waals surface area contributed by atoms with E-state index in [4.69, 9.17) is 4.74 Å². The normalized spacial score (nSPS) is 10.1. The number of rotatable bonds is 3. The molecule has 0 spiro atoms. The Labute approximate surface area is 106 Å². The Bertz CT molecular complexity index is 550. The lowest BCUT2D eigenvalue weighted by atomic mass is 10.1. The molecule has 0 amide bonds. The molecule has 1 aromatic carbocycles. The molecule has 0 N–H and O–H groups in total. The quantitative estimate of drug-likeness (QED) is 0.775. The molecule has 92 valence electrons. The van der Waals surface area contributed by atoms with Crippen LogP contribution in [-0.4, -0.2) is 11.0 Å². The van der Waals surface area contributed by atoms with Crippen molar-refractivity contribution in [2.75, 3.05) is 0 Å². The molecule has 0 saturated carbocycles. The van der Waals surface area contributed by atoms with Gasteiger partial charge < -0.3 is 4.74 Å². The third-order valence-corrected chi connectivity index (χ3v) is 2.79. The second-order valence-corrected chi connectivity index (χ2v) is 4.19. The van der Waals surface area contributed by atoms with Gasteiger partial charge in [0, 0.05) is 11.9 Å². The van der Waals surface area contributed by atoms with Gasteiger partial charge in [0.2, 0.25) is 0 Å². The number of hydrogen-bond donors (Lipinski definition) is 0. The maximum atomic E-state index is 11.8. The number of aromatic nitrogens is 1. The monoisotopic (exact) mass is 241 g/mol. The van der Waals surface area contributed by atoms with Crippen molar-refractivity contribution in [1.29, 1.82) is 0 Å². The van der Waals surface area contributed by atoms with Gasteiger partial charge in [-0.15, -0.1) is 0 Å². The van der Waals surface area contributed by atoms with Crippen LogP contribution in [0.5, 0.6) is 0 Å². The molecule has 0 aliphatic heterocycles. The number of carbonyl (C=O) groups excluding carboxylic acids is 1. The van der Waals surface area contributed by atoms with Gasteiger partial charge in [-0.05, 0) is 31.0 Å². The van der Waals surface area contributed by atoms with Gasteiger partial charge in [-0.2, -0.15) is 0 Å². The summed E-state index contributed by atoms with van der Waals surface area (Å²) in [5, 5.41) is 0. The van der Waals surface area contributed by atoms with Crippen molar-refractivity contribution in [3.63, 3.8) is 0 Å². The van der Waals surface area contributed by atoms with Crippen LogP contribution in [0.3, 0.4) is 0 Å². The van der Waals surface area contributed by atoms with Crippen molar-refractivity contribution in [3.05, 3.63) is 65.0 Å². The molecule has 3 heteroatoms. The smallest absolute Gasteiger partial charge is 0.340 e. The molecule has 0 aliphatic carbocycles. The Kier molecular flexibility index (Phi) is 3.72. The Balaban J connectivity index is 2.02. The standard InChI is InChI=1S/C15H15NO2/c1-11-8-14(9-16-12(11)2)15(17)18-10-13-6-4-3-5-7-13/h3-9H,10H2,1-2H3. The summed E-state index contributed by atoms with van der Waals surface area (Å²) in [6.45, 7) is 4.12. The minimum Gasteiger partial charge on any atom is -0.457 e. The van der Waals surface area contributed by atoms with Crippen molar-refractivity contribution in [3.8, 4) is 0 Å². The predicted molar refractivity (Wildman–Crippen MR) is 69.3 cm³/mol. The van der Waals surface area contributed by atoms with Gasteiger partial charge in [-0.3, -0.25) is 4.98 Å². The summed E-state index contributed by atoms with van der Waals surface area (Å²) >= 11 is 0. The SMILES string of the molecule is Cc1cc(C(=O)OCc2ccccc2)cnc1C.